The molecule has 2 aromatic carbocycles. The fourth-order valence-corrected chi connectivity index (χ4v) is 2.76. The van der Waals surface area contributed by atoms with E-state index in [2.05, 4.69) is 0 Å². The highest BCUT2D eigenvalue weighted by Crippen LogP contribution is 2.28. The van der Waals surface area contributed by atoms with E-state index in [0.29, 0.717) is 24.0 Å². The lowest BCUT2D eigenvalue weighted by Gasteiger charge is -2.22. The first-order valence-corrected chi connectivity index (χ1v) is 6.87. The van der Waals surface area contributed by atoms with Crippen molar-refractivity contribution in [1.29, 1.82) is 0 Å². The maximum absolute atomic E-state index is 12.5. The van der Waals surface area contributed by atoms with Gasteiger partial charge in [0.25, 0.3) is 0 Å². The van der Waals surface area contributed by atoms with Crippen molar-refractivity contribution >= 4 is 11.6 Å². The average Bonchev–Trinajstić information content (AvgIpc) is 2.47. The fraction of sp³-hybridized carbons (Fsp3) is 0.222. The molecule has 100 valence electrons. The van der Waals surface area contributed by atoms with Crippen LogP contribution in [0.25, 0.3) is 0 Å². The van der Waals surface area contributed by atoms with Gasteiger partial charge >= 0.3 is 0 Å². The van der Waals surface area contributed by atoms with E-state index >= 15 is 0 Å². The molecular weight excluding hydrogens is 248 g/mol. The number of rotatable bonds is 2. The van der Waals surface area contributed by atoms with Crippen molar-refractivity contribution in [2.24, 2.45) is 5.92 Å². The molecule has 2 nitrogen and oxygen atoms in total. The molecule has 2 aromatic rings. The summed E-state index contributed by atoms with van der Waals surface area (Å²) in [6, 6.07) is 15.3. The second-order valence-corrected chi connectivity index (χ2v) is 5.42. The molecule has 0 saturated carbocycles. The van der Waals surface area contributed by atoms with Crippen LogP contribution >= 0.6 is 0 Å². The van der Waals surface area contributed by atoms with Crippen molar-refractivity contribution in [3.05, 3.63) is 70.8 Å². The van der Waals surface area contributed by atoms with Crippen LogP contribution < -0.4 is 0 Å². The summed E-state index contributed by atoms with van der Waals surface area (Å²) in [5.41, 5.74) is 3.48. The van der Waals surface area contributed by atoms with Crippen LogP contribution in [0.15, 0.2) is 48.5 Å². The molecule has 2 heteroatoms. The average molecular weight is 264 g/mol. The topological polar surface area (TPSA) is 34.1 Å². The fourth-order valence-electron chi connectivity index (χ4n) is 2.76. The minimum Gasteiger partial charge on any atom is -0.294 e. The standard InChI is InChI=1S/C18H16O2/c1-12-6-8-13(9-7-12)10-14-11-17(19)15-4-2-3-5-16(15)18(14)20/h2-9,14H,10-11H2,1H3/t14-/m1/s1. The zero-order valence-corrected chi connectivity index (χ0v) is 11.4. The summed E-state index contributed by atoms with van der Waals surface area (Å²) in [4.78, 5) is 24.6. The molecule has 1 atom stereocenters. The van der Waals surface area contributed by atoms with Gasteiger partial charge in [0.05, 0.1) is 0 Å². The third-order valence-electron chi connectivity index (χ3n) is 3.90. The molecule has 0 fully saturated rings. The number of benzene rings is 2. The predicted molar refractivity (Wildman–Crippen MR) is 78.1 cm³/mol. The zero-order valence-electron chi connectivity index (χ0n) is 11.4. The van der Waals surface area contributed by atoms with Gasteiger partial charge in [-0.2, -0.15) is 0 Å². The van der Waals surface area contributed by atoms with Gasteiger partial charge in [-0.05, 0) is 18.9 Å². The molecule has 0 saturated heterocycles. The number of aryl methyl sites for hydroxylation is 1. The number of hydrogen-bond acceptors (Lipinski definition) is 2. The summed E-state index contributed by atoms with van der Waals surface area (Å²) in [5.74, 6) is -0.0433. The van der Waals surface area contributed by atoms with Gasteiger partial charge in [-0.15, -0.1) is 0 Å². The molecule has 0 amide bonds. The number of fused-ring (bicyclic) bond motifs is 1. The number of carbonyl (C=O) groups excluding carboxylic acids is 2. The Kier molecular flexibility index (Phi) is 3.23. The third-order valence-corrected chi connectivity index (χ3v) is 3.90. The van der Waals surface area contributed by atoms with E-state index in [1.165, 1.54) is 5.56 Å². The summed E-state index contributed by atoms with van der Waals surface area (Å²) >= 11 is 0. The SMILES string of the molecule is Cc1ccc(C[C@@H]2CC(=O)c3ccccc3C2=O)cc1. The van der Waals surface area contributed by atoms with Gasteiger partial charge in [-0.25, -0.2) is 0 Å². The summed E-state index contributed by atoms with van der Waals surface area (Å²) < 4.78 is 0. The molecular formula is C18H16O2. The lowest BCUT2D eigenvalue weighted by atomic mass is 9.79. The van der Waals surface area contributed by atoms with Gasteiger partial charge < -0.3 is 0 Å². The zero-order chi connectivity index (χ0) is 14.1. The Morgan fingerprint density at radius 3 is 2.30 bits per heavy atom. The van der Waals surface area contributed by atoms with Gasteiger partial charge in [0, 0.05) is 23.5 Å². The van der Waals surface area contributed by atoms with Crippen molar-refractivity contribution < 1.29 is 9.59 Å². The van der Waals surface area contributed by atoms with E-state index in [0.717, 1.165) is 5.56 Å². The summed E-state index contributed by atoms with van der Waals surface area (Å²) in [6.45, 7) is 2.04. The highest BCUT2D eigenvalue weighted by atomic mass is 16.1. The van der Waals surface area contributed by atoms with E-state index in [1.54, 1.807) is 12.1 Å². The smallest absolute Gasteiger partial charge is 0.167 e. The molecule has 0 radical (unpaired) electrons. The van der Waals surface area contributed by atoms with Gasteiger partial charge in [0.15, 0.2) is 11.6 Å². The van der Waals surface area contributed by atoms with E-state index in [9.17, 15) is 9.59 Å². The van der Waals surface area contributed by atoms with Gasteiger partial charge in [0.1, 0.15) is 0 Å². The molecule has 0 N–H and O–H groups in total. The molecule has 20 heavy (non-hydrogen) atoms. The molecule has 0 spiro atoms. The van der Waals surface area contributed by atoms with Crippen LogP contribution in [0.4, 0.5) is 0 Å². The Bertz CT molecular complexity index is 668. The molecule has 0 aliphatic heterocycles. The minimum absolute atomic E-state index is 0.0808. The number of Topliss-reactive ketones (excluding diaryl/α,β-unsaturated/α-hetero) is 2. The molecule has 0 unspecified atom stereocenters. The van der Waals surface area contributed by atoms with Crippen LogP contribution in [0.3, 0.4) is 0 Å². The molecule has 1 aliphatic carbocycles. The van der Waals surface area contributed by atoms with Crippen molar-refractivity contribution in [2.45, 2.75) is 19.8 Å². The van der Waals surface area contributed by atoms with E-state index in [1.807, 2.05) is 43.3 Å². The largest absolute Gasteiger partial charge is 0.294 e. The summed E-state index contributed by atoms with van der Waals surface area (Å²) in [6.07, 6.45) is 0.961. The summed E-state index contributed by atoms with van der Waals surface area (Å²) in [7, 11) is 0. The van der Waals surface area contributed by atoms with Gasteiger partial charge in [0.2, 0.25) is 0 Å². The molecule has 1 aliphatic rings. The first-order valence-electron chi connectivity index (χ1n) is 6.87. The van der Waals surface area contributed by atoms with Gasteiger partial charge in [-0.1, -0.05) is 54.1 Å². The Hall–Kier alpha value is -2.22. The predicted octanol–water partition coefficient (Wildman–Crippen LogP) is 3.62. The Labute approximate surface area is 118 Å². The van der Waals surface area contributed by atoms with Crippen molar-refractivity contribution in [3.8, 4) is 0 Å². The van der Waals surface area contributed by atoms with Crippen LogP contribution in [0.5, 0.6) is 0 Å². The van der Waals surface area contributed by atoms with E-state index < -0.39 is 0 Å². The number of hydrogen-bond donors (Lipinski definition) is 0. The van der Waals surface area contributed by atoms with Gasteiger partial charge in [-0.3, -0.25) is 9.59 Å². The number of carbonyl (C=O) groups is 2. The second kappa shape index (κ2) is 5.04. The summed E-state index contributed by atoms with van der Waals surface area (Å²) in [5, 5.41) is 0. The molecule has 0 heterocycles. The Balaban J connectivity index is 1.88. The van der Waals surface area contributed by atoms with Crippen LogP contribution in [0.1, 0.15) is 38.3 Å². The van der Waals surface area contributed by atoms with Crippen LogP contribution in [-0.2, 0) is 6.42 Å². The highest BCUT2D eigenvalue weighted by Gasteiger charge is 2.31. The Morgan fingerprint density at radius 2 is 1.60 bits per heavy atom. The molecule has 0 bridgehead atoms. The van der Waals surface area contributed by atoms with Crippen LogP contribution in [-0.4, -0.2) is 11.6 Å². The minimum atomic E-state index is -0.222. The van der Waals surface area contributed by atoms with Crippen LogP contribution in [0, 0.1) is 12.8 Å². The maximum Gasteiger partial charge on any atom is 0.167 e. The highest BCUT2D eigenvalue weighted by molar-refractivity contribution is 6.14. The normalized spacial score (nSPS) is 17.9. The molecule has 3 rings (SSSR count). The third kappa shape index (κ3) is 2.29. The van der Waals surface area contributed by atoms with Crippen LogP contribution in [0.2, 0.25) is 0 Å². The van der Waals surface area contributed by atoms with Crippen molar-refractivity contribution in [3.63, 3.8) is 0 Å². The van der Waals surface area contributed by atoms with Crippen molar-refractivity contribution in [1.82, 2.24) is 0 Å². The monoisotopic (exact) mass is 264 g/mol. The Morgan fingerprint density at radius 1 is 0.950 bits per heavy atom. The first kappa shape index (κ1) is 12.8. The molecule has 0 aromatic heterocycles. The maximum atomic E-state index is 12.5. The first-order chi connectivity index (χ1) is 9.65. The quantitative estimate of drug-likeness (QED) is 0.830. The number of ketones is 2. The van der Waals surface area contributed by atoms with Crippen molar-refractivity contribution in [2.75, 3.05) is 0 Å². The lowest BCUT2D eigenvalue weighted by Crippen LogP contribution is -2.28. The lowest BCUT2D eigenvalue weighted by molar-refractivity contribution is 0.0823. The van der Waals surface area contributed by atoms with E-state index in [4.69, 9.17) is 0 Å². The second-order valence-electron chi connectivity index (χ2n) is 5.42. The van der Waals surface area contributed by atoms with E-state index in [-0.39, 0.29) is 17.5 Å².